The van der Waals surface area contributed by atoms with Crippen LogP contribution in [0, 0.1) is 20.8 Å². The van der Waals surface area contributed by atoms with Crippen LogP contribution in [0.2, 0.25) is 0 Å². The molecule has 0 spiro atoms. The van der Waals surface area contributed by atoms with E-state index in [0.717, 1.165) is 21.3 Å². The van der Waals surface area contributed by atoms with Gasteiger partial charge in [-0.1, -0.05) is 30.3 Å². The Morgan fingerprint density at radius 3 is 2.33 bits per heavy atom. The molecule has 0 aliphatic heterocycles. The lowest BCUT2D eigenvalue weighted by atomic mass is 10.1. The number of aryl methyl sites for hydroxylation is 2. The number of aromatic nitrogens is 2. The van der Waals surface area contributed by atoms with Crippen LogP contribution in [0.4, 0.5) is 5.69 Å². The average Bonchev–Trinajstić information content (AvgIpc) is 2.64. The van der Waals surface area contributed by atoms with E-state index in [2.05, 4.69) is 5.32 Å². The van der Waals surface area contributed by atoms with E-state index in [4.69, 9.17) is 0 Å². The van der Waals surface area contributed by atoms with Gasteiger partial charge in [0.05, 0.1) is 5.69 Å². The highest BCUT2D eigenvalue weighted by Gasteiger charge is 2.12. The van der Waals surface area contributed by atoms with Gasteiger partial charge in [-0.05, 0) is 49.6 Å². The van der Waals surface area contributed by atoms with Crippen molar-refractivity contribution in [2.75, 3.05) is 5.32 Å². The standard InChI is InChI=1S/C21H21N3O3/c1-14-8-6-9-17(16(14)3)22-19(25)13-23-11-12-24(21(27)20(23)26)18-10-5-4-7-15(18)2/h4-12H,13H2,1-3H3,(H,22,25). The second-order valence-electron chi connectivity index (χ2n) is 6.49. The Kier molecular flexibility index (Phi) is 5.07. The molecule has 1 amide bonds. The van der Waals surface area contributed by atoms with Crippen molar-refractivity contribution >= 4 is 11.6 Å². The molecule has 0 fully saturated rings. The second kappa shape index (κ2) is 7.45. The third kappa shape index (κ3) is 3.74. The van der Waals surface area contributed by atoms with Crippen molar-refractivity contribution in [3.63, 3.8) is 0 Å². The summed E-state index contributed by atoms with van der Waals surface area (Å²) in [7, 11) is 0. The van der Waals surface area contributed by atoms with E-state index in [9.17, 15) is 14.4 Å². The summed E-state index contributed by atoms with van der Waals surface area (Å²) in [6.07, 6.45) is 2.97. The maximum Gasteiger partial charge on any atom is 0.320 e. The molecule has 0 saturated heterocycles. The van der Waals surface area contributed by atoms with Crippen molar-refractivity contribution in [1.29, 1.82) is 0 Å². The van der Waals surface area contributed by atoms with Gasteiger partial charge in [-0.15, -0.1) is 0 Å². The van der Waals surface area contributed by atoms with Crippen LogP contribution in [0.1, 0.15) is 16.7 Å². The minimum atomic E-state index is -0.739. The highest BCUT2D eigenvalue weighted by molar-refractivity contribution is 5.91. The minimum Gasteiger partial charge on any atom is -0.324 e. The fourth-order valence-electron chi connectivity index (χ4n) is 2.89. The number of nitrogens with zero attached hydrogens (tertiary/aromatic N) is 2. The van der Waals surface area contributed by atoms with Crippen LogP contribution >= 0.6 is 0 Å². The maximum atomic E-state index is 12.5. The third-order valence-electron chi connectivity index (χ3n) is 4.63. The molecule has 0 unspecified atom stereocenters. The lowest BCUT2D eigenvalue weighted by Crippen LogP contribution is -2.41. The fourth-order valence-corrected chi connectivity index (χ4v) is 2.89. The number of hydrogen-bond acceptors (Lipinski definition) is 3. The van der Waals surface area contributed by atoms with Crippen LogP contribution in [0.5, 0.6) is 0 Å². The van der Waals surface area contributed by atoms with E-state index in [1.54, 1.807) is 18.2 Å². The van der Waals surface area contributed by atoms with Gasteiger partial charge in [-0.2, -0.15) is 0 Å². The zero-order chi connectivity index (χ0) is 19.6. The number of carbonyl (C=O) groups is 1. The summed E-state index contributed by atoms with van der Waals surface area (Å²) in [4.78, 5) is 37.2. The number of carbonyl (C=O) groups excluding carboxylic acids is 1. The quantitative estimate of drug-likeness (QED) is 0.724. The Hall–Kier alpha value is -3.41. The SMILES string of the molecule is Cc1ccccc1-n1ccn(CC(=O)Nc2cccc(C)c2C)c(=O)c1=O. The van der Waals surface area contributed by atoms with Crippen LogP contribution in [0.15, 0.2) is 64.4 Å². The van der Waals surface area contributed by atoms with Gasteiger partial charge in [0.1, 0.15) is 6.54 Å². The maximum absolute atomic E-state index is 12.5. The van der Waals surface area contributed by atoms with Crippen molar-refractivity contribution < 1.29 is 4.79 Å². The van der Waals surface area contributed by atoms with Gasteiger partial charge in [-0.3, -0.25) is 23.5 Å². The van der Waals surface area contributed by atoms with E-state index in [0.29, 0.717) is 11.4 Å². The van der Waals surface area contributed by atoms with Gasteiger partial charge in [-0.25, -0.2) is 0 Å². The molecule has 6 heteroatoms. The van der Waals surface area contributed by atoms with Gasteiger partial charge < -0.3 is 5.32 Å². The average molecular weight is 363 g/mol. The molecular formula is C21H21N3O3. The van der Waals surface area contributed by atoms with Crippen LogP contribution in [-0.4, -0.2) is 15.0 Å². The summed E-state index contributed by atoms with van der Waals surface area (Å²) in [6.45, 7) is 5.52. The smallest absolute Gasteiger partial charge is 0.320 e. The molecule has 1 aromatic heterocycles. The second-order valence-corrected chi connectivity index (χ2v) is 6.49. The monoisotopic (exact) mass is 363 g/mol. The Balaban J connectivity index is 1.86. The molecule has 138 valence electrons. The summed E-state index contributed by atoms with van der Waals surface area (Å²) >= 11 is 0. The van der Waals surface area contributed by atoms with Gasteiger partial charge >= 0.3 is 11.1 Å². The molecule has 0 radical (unpaired) electrons. The van der Waals surface area contributed by atoms with E-state index >= 15 is 0 Å². The van der Waals surface area contributed by atoms with E-state index in [1.807, 2.05) is 45.0 Å². The van der Waals surface area contributed by atoms with Gasteiger partial charge in [0.25, 0.3) is 0 Å². The highest BCUT2D eigenvalue weighted by Crippen LogP contribution is 2.17. The Morgan fingerprint density at radius 1 is 0.889 bits per heavy atom. The first-order chi connectivity index (χ1) is 12.9. The summed E-state index contributed by atoms with van der Waals surface area (Å²) in [6, 6.07) is 12.9. The molecule has 3 rings (SSSR count). The zero-order valence-electron chi connectivity index (χ0n) is 15.5. The first-order valence-electron chi connectivity index (χ1n) is 8.62. The first kappa shape index (κ1) is 18.4. The molecule has 1 heterocycles. The normalized spacial score (nSPS) is 10.6. The molecule has 0 atom stereocenters. The van der Waals surface area contributed by atoms with Crippen molar-refractivity contribution in [2.45, 2.75) is 27.3 Å². The lowest BCUT2D eigenvalue weighted by molar-refractivity contribution is -0.116. The van der Waals surface area contributed by atoms with Crippen LogP contribution in [0.3, 0.4) is 0 Å². The third-order valence-corrected chi connectivity index (χ3v) is 4.63. The predicted octanol–water partition coefficient (Wildman–Crippen LogP) is 2.56. The molecule has 2 aromatic carbocycles. The molecule has 0 saturated carbocycles. The first-order valence-corrected chi connectivity index (χ1v) is 8.62. The topological polar surface area (TPSA) is 73.1 Å². The Bertz CT molecular complexity index is 1130. The predicted molar refractivity (Wildman–Crippen MR) is 106 cm³/mol. The Morgan fingerprint density at radius 2 is 1.59 bits per heavy atom. The van der Waals surface area contributed by atoms with Gasteiger partial charge in [0.2, 0.25) is 5.91 Å². The number of hydrogen-bond donors (Lipinski definition) is 1. The molecule has 0 bridgehead atoms. The van der Waals surface area contributed by atoms with Gasteiger partial charge in [0.15, 0.2) is 0 Å². The fraction of sp³-hybridized carbons (Fsp3) is 0.190. The van der Waals surface area contributed by atoms with Crippen molar-refractivity contribution in [1.82, 2.24) is 9.13 Å². The number of anilines is 1. The summed E-state index contributed by atoms with van der Waals surface area (Å²) in [5.74, 6) is -0.362. The molecule has 6 nitrogen and oxygen atoms in total. The molecule has 1 N–H and O–H groups in total. The molecule has 0 aliphatic carbocycles. The summed E-state index contributed by atoms with van der Waals surface area (Å²) in [5.41, 5.74) is 2.82. The number of amides is 1. The van der Waals surface area contributed by atoms with E-state index < -0.39 is 11.1 Å². The van der Waals surface area contributed by atoms with Crippen LogP contribution in [-0.2, 0) is 11.3 Å². The molecule has 3 aromatic rings. The van der Waals surface area contributed by atoms with Crippen LogP contribution < -0.4 is 16.4 Å². The summed E-state index contributed by atoms with van der Waals surface area (Å²) < 4.78 is 2.42. The summed E-state index contributed by atoms with van der Waals surface area (Å²) in [5, 5.41) is 2.79. The molecule has 0 aliphatic rings. The van der Waals surface area contributed by atoms with Gasteiger partial charge in [0, 0.05) is 18.1 Å². The van der Waals surface area contributed by atoms with Crippen molar-refractivity contribution in [3.05, 3.63) is 92.3 Å². The number of nitrogens with one attached hydrogen (secondary N) is 1. The van der Waals surface area contributed by atoms with E-state index in [-0.39, 0.29) is 12.5 Å². The highest BCUT2D eigenvalue weighted by atomic mass is 16.2. The Labute approximate surface area is 156 Å². The number of para-hydroxylation sites is 1. The van der Waals surface area contributed by atoms with Crippen molar-refractivity contribution in [3.8, 4) is 5.69 Å². The lowest BCUT2D eigenvalue weighted by Gasteiger charge is -2.12. The largest absolute Gasteiger partial charge is 0.324 e. The van der Waals surface area contributed by atoms with Crippen LogP contribution in [0.25, 0.3) is 5.69 Å². The van der Waals surface area contributed by atoms with Crippen molar-refractivity contribution in [2.24, 2.45) is 0 Å². The minimum absolute atomic E-state index is 0.226. The number of benzene rings is 2. The molecule has 27 heavy (non-hydrogen) atoms. The zero-order valence-corrected chi connectivity index (χ0v) is 15.5. The van der Waals surface area contributed by atoms with E-state index in [1.165, 1.54) is 17.0 Å². The number of rotatable bonds is 4. The molecular weight excluding hydrogens is 342 g/mol.